The van der Waals surface area contributed by atoms with Gasteiger partial charge in [0.05, 0.1) is 22.6 Å². The number of rotatable bonds is 9. The molecule has 230 valence electrons. The van der Waals surface area contributed by atoms with Crippen molar-refractivity contribution in [3.8, 4) is 5.75 Å². The molecular formula is C35H49Cl2N3O2. The average Bonchev–Trinajstić information content (AvgIpc) is 3.22. The zero-order valence-corrected chi connectivity index (χ0v) is 27.1. The van der Waals surface area contributed by atoms with E-state index in [-0.39, 0.29) is 17.4 Å². The van der Waals surface area contributed by atoms with Gasteiger partial charge in [0.2, 0.25) is 5.91 Å². The van der Waals surface area contributed by atoms with Gasteiger partial charge in [0.25, 0.3) is 0 Å². The summed E-state index contributed by atoms with van der Waals surface area (Å²) in [6, 6.07) is 14.9. The summed E-state index contributed by atoms with van der Waals surface area (Å²) in [5.74, 6) is 1.00. The monoisotopic (exact) mass is 613 g/mol. The Labute approximate surface area is 263 Å². The number of hydrogen-bond donors (Lipinski definition) is 0. The Balaban J connectivity index is 1.29. The fourth-order valence-corrected chi connectivity index (χ4v) is 7.67. The number of carbonyl (C=O) groups excluding carboxylic acids is 1. The molecule has 1 aliphatic carbocycles. The standard InChI is InChI=1S/C35H49Cl2N3O2/c1-27(2)42-31-12-8-9-28(23-31)24-34(41)40-17-7-6-15-35(26-40,29-13-14-32(36)33(37)25-29)16-18-38-19-21-39(22-20-38)30-10-4-3-5-11-30/h8-9,12-14,23,25,27,30H,3-7,10-11,15-22,24,26H2,1-2H3/t35-/m0/s1. The van der Waals surface area contributed by atoms with Crippen LogP contribution < -0.4 is 4.74 Å². The van der Waals surface area contributed by atoms with Gasteiger partial charge in [0.15, 0.2) is 0 Å². The van der Waals surface area contributed by atoms with Gasteiger partial charge in [-0.1, -0.05) is 67.1 Å². The van der Waals surface area contributed by atoms with Gasteiger partial charge in [-0.2, -0.15) is 0 Å². The predicted octanol–water partition coefficient (Wildman–Crippen LogP) is 7.61. The van der Waals surface area contributed by atoms with Gasteiger partial charge in [-0.25, -0.2) is 0 Å². The lowest BCUT2D eigenvalue weighted by molar-refractivity contribution is -0.131. The van der Waals surface area contributed by atoms with E-state index in [9.17, 15) is 4.79 Å². The second-order valence-corrected chi connectivity index (χ2v) is 13.9. The Morgan fingerprint density at radius 1 is 0.929 bits per heavy atom. The predicted molar refractivity (Wildman–Crippen MR) is 174 cm³/mol. The number of amides is 1. The lowest BCUT2D eigenvalue weighted by atomic mass is 9.73. The Morgan fingerprint density at radius 2 is 1.71 bits per heavy atom. The lowest BCUT2D eigenvalue weighted by Crippen LogP contribution is -2.52. The maximum atomic E-state index is 13.8. The molecule has 5 nitrogen and oxygen atoms in total. The van der Waals surface area contributed by atoms with Crippen LogP contribution in [0.3, 0.4) is 0 Å². The van der Waals surface area contributed by atoms with E-state index in [1.54, 1.807) is 0 Å². The van der Waals surface area contributed by atoms with Gasteiger partial charge in [0, 0.05) is 50.7 Å². The Kier molecular flexibility index (Phi) is 11.1. The van der Waals surface area contributed by atoms with E-state index < -0.39 is 0 Å². The summed E-state index contributed by atoms with van der Waals surface area (Å²) < 4.78 is 5.89. The largest absolute Gasteiger partial charge is 0.491 e. The maximum Gasteiger partial charge on any atom is 0.227 e. The van der Waals surface area contributed by atoms with Gasteiger partial charge in [-0.05, 0) is 87.9 Å². The van der Waals surface area contributed by atoms with Crippen molar-refractivity contribution in [1.82, 2.24) is 14.7 Å². The van der Waals surface area contributed by atoms with E-state index in [0.717, 1.165) is 69.2 Å². The molecule has 7 heteroatoms. The van der Waals surface area contributed by atoms with Crippen LogP contribution in [0.15, 0.2) is 42.5 Å². The number of nitrogens with zero attached hydrogens (tertiary/aromatic N) is 3. The number of halogens is 2. The SMILES string of the molecule is CC(C)Oc1cccc(CC(=O)N2CCCC[C@@](CCN3CCN(C4CCCCC4)CC3)(c3ccc(Cl)c(Cl)c3)C2)c1. The number of piperazine rings is 1. The molecule has 0 aromatic heterocycles. The van der Waals surface area contributed by atoms with Crippen molar-refractivity contribution in [2.24, 2.45) is 0 Å². The number of ether oxygens (including phenoxy) is 1. The maximum absolute atomic E-state index is 13.8. The van der Waals surface area contributed by atoms with Gasteiger partial charge in [-0.3, -0.25) is 9.69 Å². The molecule has 2 heterocycles. The molecule has 2 aromatic rings. The molecule has 1 amide bonds. The van der Waals surface area contributed by atoms with Crippen LogP contribution in [0.25, 0.3) is 0 Å². The fraction of sp³-hybridized carbons (Fsp3) is 0.629. The minimum atomic E-state index is -0.149. The highest BCUT2D eigenvalue weighted by molar-refractivity contribution is 6.42. The highest BCUT2D eigenvalue weighted by atomic mass is 35.5. The van der Waals surface area contributed by atoms with Crippen molar-refractivity contribution in [2.75, 3.05) is 45.8 Å². The first kappa shape index (κ1) is 31.6. The first-order valence-corrected chi connectivity index (χ1v) is 17.0. The van der Waals surface area contributed by atoms with E-state index in [4.69, 9.17) is 27.9 Å². The summed E-state index contributed by atoms with van der Waals surface area (Å²) in [6.07, 6.45) is 11.6. The van der Waals surface area contributed by atoms with Crippen LogP contribution in [0.5, 0.6) is 5.75 Å². The quantitative estimate of drug-likeness (QED) is 0.291. The van der Waals surface area contributed by atoms with Crippen molar-refractivity contribution >= 4 is 29.1 Å². The van der Waals surface area contributed by atoms with Crippen LogP contribution in [0.1, 0.15) is 82.8 Å². The second-order valence-electron chi connectivity index (χ2n) is 13.1. The third kappa shape index (κ3) is 8.22. The van der Waals surface area contributed by atoms with Gasteiger partial charge >= 0.3 is 0 Å². The van der Waals surface area contributed by atoms with E-state index in [1.807, 2.05) is 44.2 Å². The highest BCUT2D eigenvalue weighted by Gasteiger charge is 2.38. The summed E-state index contributed by atoms with van der Waals surface area (Å²) in [4.78, 5) is 21.3. The number of likely N-dealkylation sites (tertiary alicyclic amines) is 1. The first-order chi connectivity index (χ1) is 20.3. The molecule has 0 radical (unpaired) electrons. The molecule has 2 aliphatic heterocycles. The van der Waals surface area contributed by atoms with Crippen molar-refractivity contribution in [2.45, 2.75) is 95.6 Å². The number of benzene rings is 2. The molecule has 2 saturated heterocycles. The average molecular weight is 615 g/mol. The van der Waals surface area contributed by atoms with Gasteiger partial charge < -0.3 is 14.5 Å². The first-order valence-electron chi connectivity index (χ1n) is 16.3. The molecule has 3 aliphatic rings. The van der Waals surface area contributed by atoms with E-state index in [2.05, 4.69) is 26.8 Å². The third-order valence-electron chi connectivity index (χ3n) is 9.74. The van der Waals surface area contributed by atoms with Crippen molar-refractivity contribution < 1.29 is 9.53 Å². The number of carbonyl (C=O) groups is 1. The summed E-state index contributed by atoms with van der Waals surface area (Å²) in [5, 5.41) is 1.18. The van der Waals surface area contributed by atoms with Crippen LogP contribution >= 0.6 is 23.2 Å². The van der Waals surface area contributed by atoms with Crippen molar-refractivity contribution in [3.05, 3.63) is 63.6 Å². The molecule has 5 rings (SSSR count). The number of hydrogen-bond acceptors (Lipinski definition) is 4. The topological polar surface area (TPSA) is 36.0 Å². The zero-order valence-electron chi connectivity index (χ0n) is 25.6. The van der Waals surface area contributed by atoms with Gasteiger partial charge in [-0.15, -0.1) is 0 Å². The third-order valence-corrected chi connectivity index (χ3v) is 10.5. The molecule has 0 unspecified atom stereocenters. The Morgan fingerprint density at radius 3 is 2.45 bits per heavy atom. The van der Waals surface area contributed by atoms with Crippen molar-refractivity contribution in [1.29, 1.82) is 0 Å². The van der Waals surface area contributed by atoms with Crippen molar-refractivity contribution in [3.63, 3.8) is 0 Å². The molecule has 1 atom stereocenters. The minimum absolute atomic E-state index is 0.101. The van der Waals surface area contributed by atoms with Gasteiger partial charge in [0.1, 0.15) is 5.75 Å². The molecule has 1 saturated carbocycles. The van der Waals surface area contributed by atoms with Crippen LogP contribution in [-0.2, 0) is 16.6 Å². The summed E-state index contributed by atoms with van der Waals surface area (Å²) in [5.41, 5.74) is 2.06. The minimum Gasteiger partial charge on any atom is -0.491 e. The molecular weight excluding hydrogens is 565 g/mol. The normalized spacial score (nSPS) is 23.2. The highest BCUT2D eigenvalue weighted by Crippen LogP contribution is 2.40. The molecule has 0 bridgehead atoms. The Bertz CT molecular complexity index is 1180. The molecule has 0 N–H and O–H groups in total. The van der Waals surface area contributed by atoms with Crippen LogP contribution in [-0.4, -0.2) is 78.6 Å². The fourth-order valence-electron chi connectivity index (χ4n) is 7.37. The molecule has 3 fully saturated rings. The molecule has 0 spiro atoms. The van der Waals surface area contributed by atoms with Crippen LogP contribution in [0.4, 0.5) is 0 Å². The van der Waals surface area contributed by atoms with E-state index >= 15 is 0 Å². The van der Waals surface area contributed by atoms with E-state index in [1.165, 1.54) is 50.8 Å². The summed E-state index contributed by atoms with van der Waals surface area (Å²) >= 11 is 13.0. The lowest BCUT2D eigenvalue weighted by Gasteiger charge is -2.43. The van der Waals surface area contributed by atoms with Crippen LogP contribution in [0.2, 0.25) is 10.0 Å². The Hall–Kier alpha value is -1.79. The second kappa shape index (κ2) is 14.8. The zero-order chi connectivity index (χ0) is 29.5. The molecule has 2 aromatic carbocycles. The smallest absolute Gasteiger partial charge is 0.227 e. The summed E-state index contributed by atoms with van der Waals surface area (Å²) in [6.45, 7) is 11.2. The van der Waals surface area contributed by atoms with Crippen LogP contribution in [0, 0.1) is 0 Å². The molecule has 42 heavy (non-hydrogen) atoms. The summed E-state index contributed by atoms with van der Waals surface area (Å²) in [7, 11) is 0. The van der Waals surface area contributed by atoms with E-state index in [0.29, 0.717) is 23.0 Å².